The molecule has 0 spiro atoms. The molecule has 9 nitrogen and oxygen atoms in total. The van der Waals surface area contributed by atoms with Crippen LogP contribution in [0.15, 0.2) is 96.1 Å². The number of benzene rings is 4. The van der Waals surface area contributed by atoms with Gasteiger partial charge in [0.25, 0.3) is 11.8 Å². The largest absolute Gasteiger partial charge is 0.497 e. The van der Waals surface area contributed by atoms with E-state index in [4.69, 9.17) is 30.5 Å². The first-order chi connectivity index (χ1) is 20.4. The summed E-state index contributed by atoms with van der Waals surface area (Å²) in [6.07, 6.45) is 1.45. The van der Waals surface area contributed by atoms with E-state index in [0.717, 1.165) is 5.56 Å². The second-order valence-electron chi connectivity index (χ2n) is 8.82. The Balaban J connectivity index is 1.29. The van der Waals surface area contributed by atoms with Gasteiger partial charge < -0.3 is 24.3 Å². The van der Waals surface area contributed by atoms with Crippen LogP contribution in [0, 0.1) is 0 Å². The van der Waals surface area contributed by atoms with Crippen molar-refractivity contribution in [1.82, 2.24) is 5.43 Å². The fourth-order valence-electron chi connectivity index (χ4n) is 3.73. The van der Waals surface area contributed by atoms with E-state index < -0.39 is 5.91 Å². The van der Waals surface area contributed by atoms with Crippen LogP contribution in [0.25, 0.3) is 0 Å². The molecule has 0 aliphatic heterocycles. The van der Waals surface area contributed by atoms with Crippen LogP contribution in [0.4, 0.5) is 5.69 Å². The second-order valence-corrected chi connectivity index (χ2v) is 9.23. The summed E-state index contributed by atoms with van der Waals surface area (Å²) in [5.74, 6) is 1.26. The number of nitrogens with one attached hydrogen (secondary N) is 2. The Labute approximate surface area is 249 Å². The van der Waals surface area contributed by atoms with Crippen molar-refractivity contribution in [3.8, 4) is 23.0 Å². The molecular formula is C32H30ClN3O6. The molecule has 0 aromatic heterocycles. The SMILES string of the molecule is CCOc1cc(C(=O)N/N=C/c2ccc(OCC(=O)Nc3ccc(OC)cc3)c(Cl)c2)ccc1OCc1ccccc1. The lowest BCUT2D eigenvalue weighted by Crippen LogP contribution is -2.20. The summed E-state index contributed by atoms with van der Waals surface area (Å²) < 4.78 is 22.2. The number of nitrogens with zero attached hydrogens (tertiary/aromatic N) is 1. The predicted octanol–water partition coefficient (Wildman–Crippen LogP) is 6.11. The molecule has 0 fully saturated rings. The molecule has 0 atom stereocenters. The van der Waals surface area contributed by atoms with E-state index >= 15 is 0 Å². The number of ether oxygens (including phenoxy) is 4. The van der Waals surface area contributed by atoms with Crippen molar-refractivity contribution in [2.45, 2.75) is 13.5 Å². The highest BCUT2D eigenvalue weighted by Gasteiger charge is 2.12. The van der Waals surface area contributed by atoms with Gasteiger partial charge in [0.15, 0.2) is 18.1 Å². The molecule has 2 amide bonds. The van der Waals surface area contributed by atoms with Gasteiger partial charge in [0, 0.05) is 11.3 Å². The van der Waals surface area contributed by atoms with E-state index in [1.807, 2.05) is 37.3 Å². The molecule has 0 bridgehead atoms. The normalized spacial score (nSPS) is 10.6. The van der Waals surface area contributed by atoms with Gasteiger partial charge in [0.05, 0.1) is 25.0 Å². The van der Waals surface area contributed by atoms with Gasteiger partial charge in [0.2, 0.25) is 0 Å². The molecule has 0 saturated heterocycles. The van der Waals surface area contributed by atoms with Crippen LogP contribution >= 0.6 is 11.6 Å². The highest BCUT2D eigenvalue weighted by molar-refractivity contribution is 6.32. The molecule has 4 rings (SSSR count). The smallest absolute Gasteiger partial charge is 0.271 e. The maximum absolute atomic E-state index is 12.7. The fraction of sp³-hybridized carbons (Fsp3) is 0.156. The zero-order chi connectivity index (χ0) is 29.7. The molecule has 4 aromatic carbocycles. The van der Waals surface area contributed by atoms with Crippen molar-refractivity contribution in [3.63, 3.8) is 0 Å². The summed E-state index contributed by atoms with van der Waals surface area (Å²) >= 11 is 6.33. The number of anilines is 1. The van der Waals surface area contributed by atoms with Gasteiger partial charge in [-0.25, -0.2) is 5.43 Å². The van der Waals surface area contributed by atoms with Crippen LogP contribution < -0.4 is 29.7 Å². The molecule has 42 heavy (non-hydrogen) atoms. The van der Waals surface area contributed by atoms with E-state index in [1.165, 1.54) is 6.21 Å². The molecule has 0 aliphatic carbocycles. The fourth-order valence-corrected chi connectivity index (χ4v) is 3.97. The van der Waals surface area contributed by atoms with Gasteiger partial charge in [-0.05, 0) is 78.7 Å². The first-order valence-electron chi connectivity index (χ1n) is 13.1. The van der Waals surface area contributed by atoms with Gasteiger partial charge in [-0.15, -0.1) is 0 Å². The van der Waals surface area contributed by atoms with Crippen LogP contribution in [0.2, 0.25) is 5.02 Å². The molecule has 0 radical (unpaired) electrons. The summed E-state index contributed by atoms with van der Waals surface area (Å²) in [5, 5.41) is 7.05. The minimum Gasteiger partial charge on any atom is -0.497 e. The van der Waals surface area contributed by atoms with Crippen molar-refractivity contribution in [2.75, 3.05) is 25.6 Å². The Bertz CT molecular complexity index is 1530. The molecule has 0 unspecified atom stereocenters. The number of halogens is 1. The zero-order valence-electron chi connectivity index (χ0n) is 23.1. The number of hydrogen-bond donors (Lipinski definition) is 2. The average molecular weight is 588 g/mol. The lowest BCUT2D eigenvalue weighted by Gasteiger charge is -2.13. The summed E-state index contributed by atoms with van der Waals surface area (Å²) in [4.78, 5) is 24.9. The van der Waals surface area contributed by atoms with E-state index in [2.05, 4.69) is 15.8 Å². The minimum absolute atomic E-state index is 0.227. The lowest BCUT2D eigenvalue weighted by atomic mass is 10.2. The molecule has 216 valence electrons. The first kappa shape index (κ1) is 30.0. The van der Waals surface area contributed by atoms with Gasteiger partial charge in [-0.3, -0.25) is 9.59 Å². The number of rotatable bonds is 13. The van der Waals surface area contributed by atoms with E-state index in [-0.39, 0.29) is 17.5 Å². The molecule has 4 aromatic rings. The topological polar surface area (TPSA) is 107 Å². The number of amides is 2. The third-order valence-corrected chi connectivity index (χ3v) is 6.11. The predicted molar refractivity (Wildman–Crippen MR) is 162 cm³/mol. The number of carbonyl (C=O) groups excluding carboxylic acids is 2. The molecule has 0 aliphatic rings. The monoisotopic (exact) mass is 587 g/mol. The van der Waals surface area contributed by atoms with Crippen LogP contribution in [0.5, 0.6) is 23.0 Å². The highest BCUT2D eigenvalue weighted by atomic mass is 35.5. The Morgan fingerprint density at radius 1 is 0.857 bits per heavy atom. The number of hydrogen-bond acceptors (Lipinski definition) is 7. The number of hydrazone groups is 1. The number of methoxy groups -OCH3 is 1. The van der Waals surface area contributed by atoms with Crippen molar-refractivity contribution in [1.29, 1.82) is 0 Å². The van der Waals surface area contributed by atoms with Gasteiger partial charge in [-0.2, -0.15) is 5.10 Å². The quantitative estimate of drug-likeness (QED) is 0.144. The number of carbonyl (C=O) groups is 2. The Hall–Kier alpha value is -5.02. The molecule has 0 saturated carbocycles. The van der Waals surface area contributed by atoms with Crippen molar-refractivity contribution < 1.29 is 28.5 Å². The second kappa shape index (κ2) is 15.1. The molecule has 2 N–H and O–H groups in total. The molecule has 10 heteroatoms. The molecular weight excluding hydrogens is 558 g/mol. The lowest BCUT2D eigenvalue weighted by molar-refractivity contribution is -0.118. The standard InChI is InChI=1S/C32H30ClN3O6/c1-3-40-30-18-24(10-16-29(30)41-20-22-7-5-4-6-8-22)32(38)36-34-19-23-9-15-28(27(33)17-23)42-21-31(37)35-25-11-13-26(39-2)14-12-25/h4-19H,3,20-21H2,1-2H3,(H,35,37)(H,36,38)/b34-19+. The summed E-state index contributed by atoms with van der Waals surface area (Å²) in [7, 11) is 1.57. The summed E-state index contributed by atoms with van der Waals surface area (Å²) in [6.45, 7) is 2.42. The molecule has 0 heterocycles. The van der Waals surface area contributed by atoms with Crippen LogP contribution in [-0.4, -0.2) is 38.4 Å². The average Bonchev–Trinajstić information content (AvgIpc) is 3.01. The maximum Gasteiger partial charge on any atom is 0.271 e. The Morgan fingerprint density at radius 3 is 2.33 bits per heavy atom. The van der Waals surface area contributed by atoms with Gasteiger partial charge in [0.1, 0.15) is 18.1 Å². The van der Waals surface area contributed by atoms with Crippen molar-refractivity contribution in [3.05, 3.63) is 113 Å². The van der Waals surface area contributed by atoms with Crippen LogP contribution in [-0.2, 0) is 11.4 Å². The van der Waals surface area contributed by atoms with E-state index in [0.29, 0.717) is 53.0 Å². The Morgan fingerprint density at radius 2 is 1.62 bits per heavy atom. The maximum atomic E-state index is 12.7. The van der Waals surface area contributed by atoms with E-state index in [9.17, 15) is 9.59 Å². The third kappa shape index (κ3) is 8.74. The van der Waals surface area contributed by atoms with Crippen LogP contribution in [0.3, 0.4) is 0 Å². The van der Waals surface area contributed by atoms with Crippen molar-refractivity contribution in [2.24, 2.45) is 5.10 Å². The summed E-state index contributed by atoms with van der Waals surface area (Å²) in [6, 6.07) is 26.6. The van der Waals surface area contributed by atoms with Crippen molar-refractivity contribution >= 4 is 35.3 Å². The van der Waals surface area contributed by atoms with E-state index in [1.54, 1.807) is 67.8 Å². The van der Waals surface area contributed by atoms with Gasteiger partial charge >= 0.3 is 0 Å². The Kier molecular flexibility index (Phi) is 10.8. The highest BCUT2D eigenvalue weighted by Crippen LogP contribution is 2.29. The first-order valence-corrected chi connectivity index (χ1v) is 13.5. The zero-order valence-corrected chi connectivity index (χ0v) is 23.9. The van der Waals surface area contributed by atoms with Crippen LogP contribution in [0.1, 0.15) is 28.4 Å². The summed E-state index contributed by atoms with van der Waals surface area (Å²) in [5.41, 5.74) is 5.11. The third-order valence-electron chi connectivity index (χ3n) is 5.81. The van der Waals surface area contributed by atoms with Gasteiger partial charge in [-0.1, -0.05) is 41.9 Å². The minimum atomic E-state index is -0.421.